The Balaban J connectivity index is 3.69. The molecule has 0 fully saturated rings. The average molecular weight is 239 g/mol. The van der Waals surface area contributed by atoms with Gasteiger partial charge in [-0.3, -0.25) is 4.79 Å². The van der Waals surface area contributed by atoms with Crippen LogP contribution in [0.15, 0.2) is 0 Å². The summed E-state index contributed by atoms with van der Waals surface area (Å²) < 4.78 is 32.9. The summed E-state index contributed by atoms with van der Waals surface area (Å²) in [6.45, 7) is 3.10. The zero-order valence-corrected chi connectivity index (χ0v) is 9.67. The first-order chi connectivity index (χ1) is 7.40. The van der Waals surface area contributed by atoms with E-state index >= 15 is 0 Å². The molecule has 6 heteroatoms. The smallest absolute Gasteiger partial charge is 0.325 e. The van der Waals surface area contributed by atoms with Gasteiger partial charge in [0.15, 0.2) is 0 Å². The molecule has 0 aromatic carbocycles. The van der Waals surface area contributed by atoms with Crippen molar-refractivity contribution in [2.75, 3.05) is 19.8 Å². The standard InChI is InChI=1S/C10H19F2NO3/c1-3-16-9(14)10(2,13)5-4-6-15-7-8(11)12/h8H,3-7,13H2,1-2H3. The van der Waals surface area contributed by atoms with Crippen LogP contribution in [0.4, 0.5) is 8.78 Å². The summed E-state index contributed by atoms with van der Waals surface area (Å²) in [5, 5.41) is 0. The SMILES string of the molecule is CCOC(=O)C(C)(N)CCCOCC(F)F. The minimum absolute atomic E-state index is 0.163. The van der Waals surface area contributed by atoms with E-state index in [9.17, 15) is 13.6 Å². The number of alkyl halides is 2. The van der Waals surface area contributed by atoms with Crippen LogP contribution in [0.3, 0.4) is 0 Å². The van der Waals surface area contributed by atoms with E-state index in [-0.39, 0.29) is 13.2 Å². The number of halogens is 2. The largest absolute Gasteiger partial charge is 0.465 e. The van der Waals surface area contributed by atoms with Crippen LogP contribution in [-0.4, -0.2) is 37.8 Å². The Morgan fingerprint density at radius 3 is 2.62 bits per heavy atom. The molecule has 0 spiro atoms. The van der Waals surface area contributed by atoms with Gasteiger partial charge in [0.2, 0.25) is 0 Å². The monoisotopic (exact) mass is 239 g/mol. The highest BCUT2D eigenvalue weighted by Gasteiger charge is 2.29. The molecule has 0 heterocycles. The first kappa shape index (κ1) is 15.2. The molecule has 4 nitrogen and oxygen atoms in total. The van der Waals surface area contributed by atoms with Crippen LogP contribution in [0.1, 0.15) is 26.7 Å². The maximum absolute atomic E-state index is 11.7. The van der Waals surface area contributed by atoms with E-state index in [2.05, 4.69) is 4.74 Å². The van der Waals surface area contributed by atoms with Gasteiger partial charge in [0.05, 0.1) is 6.61 Å². The Morgan fingerprint density at radius 2 is 2.12 bits per heavy atom. The first-order valence-electron chi connectivity index (χ1n) is 5.22. The van der Waals surface area contributed by atoms with Gasteiger partial charge in [-0.1, -0.05) is 0 Å². The number of hydrogen-bond acceptors (Lipinski definition) is 4. The molecule has 1 unspecified atom stereocenters. The molecule has 96 valence electrons. The topological polar surface area (TPSA) is 61.5 Å². The van der Waals surface area contributed by atoms with Gasteiger partial charge in [-0.15, -0.1) is 0 Å². The van der Waals surface area contributed by atoms with Gasteiger partial charge in [0.1, 0.15) is 12.1 Å². The van der Waals surface area contributed by atoms with Crippen molar-refractivity contribution >= 4 is 5.97 Å². The molecule has 0 saturated carbocycles. The summed E-state index contributed by atoms with van der Waals surface area (Å²) in [7, 11) is 0. The molecule has 0 aromatic rings. The van der Waals surface area contributed by atoms with Crippen LogP contribution >= 0.6 is 0 Å². The summed E-state index contributed by atoms with van der Waals surface area (Å²) in [4.78, 5) is 11.3. The van der Waals surface area contributed by atoms with Crippen molar-refractivity contribution in [1.82, 2.24) is 0 Å². The third-order valence-corrected chi connectivity index (χ3v) is 1.97. The predicted molar refractivity (Wildman–Crippen MR) is 55.3 cm³/mol. The number of nitrogens with two attached hydrogens (primary N) is 1. The molecule has 0 bridgehead atoms. The zero-order valence-electron chi connectivity index (χ0n) is 9.67. The lowest BCUT2D eigenvalue weighted by Gasteiger charge is -2.21. The van der Waals surface area contributed by atoms with Crippen molar-refractivity contribution in [3.05, 3.63) is 0 Å². The number of carbonyl (C=O) groups excluding carboxylic acids is 1. The van der Waals surface area contributed by atoms with Crippen LogP contribution in [-0.2, 0) is 14.3 Å². The van der Waals surface area contributed by atoms with Gasteiger partial charge in [-0.2, -0.15) is 0 Å². The lowest BCUT2D eigenvalue weighted by Crippen LogP contribution is -2.46. The fourth-order valence-corrected chi connectivity index (χ4v) is 1.11. The van der Waals surface area contributed by atoms with Crippen molar-refractivity contribution in [2.45, 2.75) is 38.7 Å². The van der Waals surface area contributed by atoms with Gasteiger partial charge in [-0.05, 0) is 26.7 Å². The molecular weight excluding hydrogens is 220 g/mol. The first-order valence-corrected chi connectivity index (χ1v) is 5.22. The summed E-state index contributed by atoms with van der Waals surface area (Å²) in [6, 6.07) is 0. The highest BCUT2D eigenvalue weighted by atomic mass is 19.3. The van der Waals surface area contributed by atoms with E-state index < -0.39 is 24.5 Å². The predicted octanol–water partition coefficient (Wildman–Crippen LogP) is 1.33. The minimum atomic E-state index is -2.46. The summed E-state index contributed by atoms with van der Waals surface area (Å²) in [6.07, 6.45) is -1.68. The minimum Gasteiger partial charge on any atom is -0.465 e. The van der Waals surface area contributed by atoms with Gasteiger partial charge in [-0.25, -0.2) is 8.78 Å². The quantitative estimate of drug-likeness (QED) is 0.512. The molecule has 0 rings (SSSR count). The molecule has 1 atom stereocenters. The van der Waals surface area contributed by atoms with Crippen LogP contribution in [0, 0.1) is 0 Å². The van der Waals surface area contributed by atoms with E-state index in [1.54, 1.807) is 13.8 Å². The molecule has 0 saturated heterocycles. The normalized spacial score (nSPS) is 14.9. The second-order valence-electron chi connectivity index (χ2n) is 3.71. The third kappa shape index (κ3) is 6.68. The number of rotatable bonds is 8. The van der Waals surface area contributed by atoms with Crippen LogP contribution in [0.25, 0.3) is 0 Å². The maximum Gasteiger partial charge on any atom is 0.325 e. The molecular formula is C10H19F2NO3. The molecule has 2 N–H and O–H groups in total. The van der Waals surface area contributed by atoms with Crippen LogP contribution < -0.4 is 5.73 Å². The maximum atomic E-state index is 11.7. The molecule has 0 radical (unpaired) electrons. The fraction of sp³-hybridized carbons (Fsp3) is 0.900. The van der Waals surface area contributed by atoms with E-state index in [4.69, 9.17) is 10.5 Å². The molecule has 0 aromatic heterocycles. The van der Waals surface area contributed by atoms with Gasteiger partial charge in [0, 0.05) is 6.61 Å². The third-order valence-electron chi connectivity index (χ3n) is 1.97. The van der Waals surface area contributed by atoms with Crippen LogP contribution in [0.2, 0.25) is 0 Å². The summed E-state index contributed by atoms with van der Waals surface area (Å²) >= 11 is 0. The van der Waals surface area contributed by atoms with Gasteiger partial charge < -0.3 is 15.2 Å². The number of ether oxygens (including phenoxy) is 2. The van der Waals surface area contributed by atoms with Crippen molar-refractivity contribution in [1.29, 1.82) is 0 Å². The number of hydrogen-bond donors (Lipinski definition) is 1. The van der Waals surface area contributed by atoms with Gasteiger partial charge >= 0.3 is 5.97 Å². The second-order valence-corrected chi connectivity index (χ2v) is 3.71. The van der Waals surface area contributed by atoms with Gasteiger partial charge in [0.25, 0.3) is 6.43 Å². The molecule has 0 aliphatic rings. The Bertz CT molecular complexity index is 210. The Kier molecular flexibility index (Phi) is 7.16. The van der Waals surface area contributed by atoms with Crippen molar-refractivity contribution in [3.63, 3.8) is 0 Å². The summed E-state index contributed by atoms with van der Waals surface area (Å²) in [5.41, 5.74) is 4.63. The highest BCUT2D eigenvalue weighted by molar-refractivity contribution is 5.79. The van der Waals surface area contributed by atoms with Crippen molar-refractivity contribution in [3.8, 4) is 0 Å². The Labute approximate surface area is 94.1 Å². The van der Waals surface area contributed by atoms with E-state index in [0.717, 1.165) is 0 Å². The molecule has 0 amide bonds. The molecule has 16 heavy (non-hydrogen) atoms. The average Bonchev–Trinajstić information content (AvgIpc) is 2.17. The Morgan fingerprint density at radius 1 is 1.50 bits per heavy atom. The molecule has 0 aliphatic heterocycles. The van der Waals surface area contributed by atoms with E-state index in [1.165, 1.54) is 0 Å². The summed E-state index contributed by atoms with van der Waals surface area (Å²) in [5.74, 6) is -0.483. The number of carbonyl (C=O) groups is 1. The van der Waals surface area contributed by atoms with E-state index in [0.29, 0.717) is 12.8 Å². The van der Waals surface area contributed by atoms with Crippen LogP contribution in [0.5, 0.6) is 0 Å². The second kappa shape index (κ2) is 7.51. The zero-order chi connectivity index (χ0) is 12.6. The van der Waals surface area contributed by atoms with Crippen molar-refractivity contribution in [2.24, 2.45) is 5.73 Å². The highest BCUT2D eigenvalue weighted by Crippen LogP contribution is 2.11. The number of esters is 1. The lowest BCUT2D eigenvalue weighted by molar-refractivity contribution is -0.149. The van der Waals surface area contributed by atoms with E-state index in [1.807, 2.05) is 0 Å². The Hall–Kier alpha value is -0.750. The fourth-order valence-electron chi connectivity index (χ4n) is 1.11. The molecule has 0 aliphatic carbocycles. The van der Waals surface area contributed by atoms with Crippen molar-refractivity contribution < 1.29 is 23.0 Å². The lowest BCUT2D eigenvalue weighted by atomic mass is 9.98.